The summed E-state index contributed by atoms with van der Waals surface area (Å²) in [5, 5.41) is 4.67. The maximum Gasteiger partial charge on any atom is 0.252 e. The van der Waals surface area contributed by atoms with Gasteiger partial charge in [-0.15, -0.1) is 11.3 Å². The molecule has 8 heteroatoms. The van der Waals surface area contributed by atoms with Gasteiger partial charge in [0.1, 0.15) is 9.96 Å². The predicted molar refractivity (Wildman–Crippen MR) is 117 cm³/mol. The van der Waals surface area contributed by atoms with Gasteiger partial charge in [-0.3, -0.25) is 4.79 Å². The number of hydrogen-bond acceptors (Lipinski definition) is 5. The lowest BCUT2D eigenvalue weighted by molar-refractivity contribution is -0.120. The van der Waals surface area contributed by atoms with Crippen molar-refractivity contribution in [3.8, 4) is 11.5 Å². The third kappa shape index (κ3) is 4.56. The highest BCUT2D eigenvalue weighted by Crippen LogP contribution is 2.31. The van der Waals surface area contributed by atoms with Crippen LogP contribution in [0.1, 0.15) is 12.8 Å². The molecule has 4 rings (SSSR count). The van der Waals surface area contributed by atoms with E-state index in [9.17, 15) is 13.2 Å². The van der Waals surface area contributed by atoms with Crippen LogP contribution in [0.2, 0.25) is 0 Å². The number of benzene rings is 2. The molecule has 0 bridgehead atoms. The quantitative estimate of drug-likeness (QED) is 0.606. The van der Waals surface area contributed by atoms with Crippen molar-refractivity contribution in [2.45, 2.75) is 17.1 Å². The van der Waals surface area contributed by atoms with Gasteiger partial charge in [-0.25, -0.2) is 8.42 Å². The van der Waals surface area contributed by atoms with Gasteiger partial charge in [-0.2, -0.15) is 4.31 Å². The fourth-order valence-corrected chi connectivity index (χ4v) is 6.09. The van der Waals surface area contributed by atoms with Crippen LogP contribution < -0.4 is 10.1 Å². The molecule has 6 nitrogen and oxygen atoms in total. The van der Waals surface area contributed by atoms with Crippen LogP contribution in [0.5, 0.6) is 11.5 Å². The molecule has 1 aliphatic heterocycles. The molecule has 1 aromatic heterocycles. The third-order valence-corrected chi connectivity index (χ3v) is 8.20. The van der Waals surface area contributed by atoms with Crippen LogP contribution in [-0.4, -0.2) is 31.7 Å². The Labute approximate surface area is 180 Å². The minimum atomic E-state index is -3.56. The smallest absolute Gasteiger partial charge is 0.252 e. The summed E-state index contributed by atoms with van der Waals surface area (Å²) in [4.78, 5) is 12.9. The van der Waals surface area contributed by atoms with Gasteiger partial charge in [0.15, 0.2) is 5.75 Å². The molecule has 1 atom stereocenters. The molecular weight excluding hydrogens is 420 g/mol. The van der Waals surface area contributed by atoms with Gasteiger partial charge in [-0.1, -0.05) is 36.4 Å². The highest BCUT2D eigenvalue weighted by Gasteiger charge is 2.34. The van der Waals surface area contributed by atoms with Crippen molar-refractivity contribution in [3.63, 3.8) is 0 Å². The number of amides is 1. The average Bonchev–Trinajstić information content (AvgIpc) is 3.32. The SMILES string of the molecule is O=C(Nc1ccccc1Oc1ccccc1)[C@@H]1CCCN(S(=O)(=O)c2cccs2)C1. The first kappa shape index (κ1) is 20.6. The number of rotatable bonds is 6. The maximum absolute atomic E-state index is 12.9. The van der Waals surface area contributed by atoms with Gasteiger partial charge in [-0.05, 0) is 48.6 Å². The first-order valence-electron chi connectivity index (χ1n) is 9.70. The Morgan fingerprint density at radius 1 is 1.03 bits per heavy atom. The van der Waals surface area contributed by atoms with E-state index >= 15 is 0 Å². The Hall–Kier alpha value is -2.68. The zero-order valence-corrected chi connectivity index (χ0v) is 17.9. The van der Waals surface area contributed by atoms with Crippen LogP contribution in [0.15, 0.2) is 76.3 Å². The number of hydrogen-bond donors (Lipinski definition) is 1. The number of piperidine rings is 1. The molecule has 0 unspecified atom stereocenters. The minimum Gasteiger partial charge on any atom is -0.455 e. The first-order valence-corrected chi connectivity index (χ1v) is 12.0. The molecule has 1 amide bonds. The van der Waals surface area contributed by atoms with Crippen molar-refractivity contribution in [1.82, 2.24) is 4.31 Å². The Kier molecular flexibility index (Phi) is 6.17. The topological polar surface area (TPSA) is 75.7 Å². The van der Waals surface area contributed by atoms with Gasteiger partial charge in [0.25, 0.3) is 10.0 Å². The highest BCUT2D eigenvalue weighted by atomic mass is 32.2. The number of nitrogens with one attached hydrogen (secondary N) is 1. The number of nitrogens with zero attached hydrogens (tertiary/aromatic N) is 1. The summed E-state index contributed by atoms with van der Waals surface area (Å²) in [6, 6.07) is 19.9. The van der Waals surface area contributed by atoms with E-state index in [0.717, 1.165) is 0 Å². The number of ether oxygens (including phenoxy) is 1. The molecule has 156 valence electrons. The van der Waals surface area contributed by atoms with E-state index in [4.69, 9.17) is 4.74 Å². The summed E-state index contributed by atoms with van der Waals surface area (Å²) in [6.45, 7) is 0.603. The van der Waals surface area contributed by atoms with Crippen LogP contribution in [0, 0.1) is 5.92 Å². The molecule has 1 saturated heterocycles. The molecule has 2 heterocycles. The molecule has 3 aromatic rings. The van der Waals surface area contributed by atoms with Crippen molar-refractivity contribution < 1.29 is 17.9 Å². The number of para-hydroxylation sites is 3. The van der Waals surface area contributed by atoms with Crippen LogP contribution in [0.4, 0.5) is 5.69 Å². The van der Waals surface area contributed by atoms with Gasteiger partial charge >= 0.3 is 0 Å². The molecule has 1 aliphatic rings. The Morgan fingerprint density at radius 2 is 1.80 bits per heavy atom. The zero-order chi connectivity index (χ0) is 21.0. The molecule has 30 heavy (non-hydrogen) atoms. The average molecular weight is 443 g/mol. The summed E-state index contributed by atoms with van der Waals surface area (Å²) in [7, 11) is -3.56. The van der Waals surface area contributed by atoms with Crippen molar-refractivity contribution in [2.75, 3.05) is 18.4 Å². The second-order valence-corrected chi connectivity index (χ2v) is 10.1. The summed E-state index contributed by atoms with van der Waals surface area (Å²) in [6.07, 6.45) is 1.29. The molecule has 0 saturated carbocycles. The lowest BCUT2D eigenvalue weighted by Crippen LogP contribution is -2.43. The zero-order valence-electron chi connectivity index (χ0n) is 16.2. The van der Waals surface area contributed by atoms with Crippen LogP contribution >= 0.6 is 11.3 Å². The predicted octanol–water partition coefficient (Wildman–Crippen LogP) is 4.58. The fraction of sp³-hybridized carbons (Fsp3) is 0.227. The van der Waals surface area contributed by atoms with E-state index in [2.05, 4.69) is 5.32 Å². The lowest BCUT2D eigenvalue weighted by Gasteiger charge is -2.30. The highest BCUT2D eigenvalue weighted by molar-refractivity contribution is 7.91. The molecule has 0 radical (unpaired) electrons. The van der Waals surface area contributed by atoms with E-state index in [0.29, 0.717) is 40.8 Å². The lowest BCUT2D eigenvalue weighted by atomic mass is 9.98. The minimum absolute atomic E-state index is 0.174. The van der Waals surface area contributed by atoms with Gasteiger partial charge < -0.3 is 10.1 Å². The van der Waals surface area contributed by atoms with Crippen LogP contribution in [0.3, 0.4) is 0 Å². The van der Waals surface area contributed by atoms with Crippen LogP contribution in [-0.2, 0) is 14.8 Å². The number of anilines is 1. The van der Waals surface area contributed by atoms with Crippen molar-refractivity contribution >= 4 is 33.0 Å². The maximum atomic E-state index is 12.9. The van der Waals surface area contributed by atoms with Crippen molar-refractivity contribution in [2.24, 2.45) is 5.92 Å². The van der Waals surface area contributed by atoms with E-state index in [1.54, 1.807) is 29.6 Å². The fourth-order valence-electron chi connectivity index (χ4n) is 3.42. The van der Waals surface area contributed by atoms with E-state index in [-0.39, 0.29) is 12.5 Å². The molecule has 0 aliphatic carbocycles. The van der Waals surface area contributed by atoms with E-state index < -0.39 is 15.9 Å². The Morgan fingerprint density at radius 3 is 2.57 bits per heavy atom. The molecular formula is C22H22N2O4S2. The van der Waals surface area contributed by atoms with Crippen LogP contribution in [0.25, 0.3) is 0 Å². The number of thiophene rings is 1. The monoisotopic (exact) mass is 442 g/mol. The summed E-state index contributed by atoms with van der Waals surface area (Å²) < 4.78 is 33.3. The second kappa shape index (κ2) is 8.99. The number of carbonyl (C=O) groups excluding carboxylic acids is 1. The Bertz CT molecular complexity index is 1100. The Balaban J connectivity index is 1.47. The second-order valence-electron chi connectivity index (χ2n) is 7.03. The first-order chi connectivity index (χ1) is 14.5. The normalized spacial score (nSPS) is 17.4. The summed E-state index contributed by atoms with van der Waals surface area (Å²) in [5.74, 6) is 0.587. The standard InChI is InChI=1S/C22H22N2O4S2/c25-22(17-8-6-14-24(16-17)30(26,27)21-13-7-15-29-21)23-19-11-4-5-12-20(19)28-18-9-2-1-3-10-18/h1-5,7,9-13,15,17H,6,8,14,16H2,(H,23,25)/t17-/m1/s1. The molecule has 2 aromatic carbocycles. The summed E-state index contributed by atoms with van der Waals surface area (Å²) >= 11 is 1.19. The van der Waals surface area contributed by atoms with Gasteiger partial charge in [0, 0.05) is 13.1 Å². The van der Waals surface area contributed by atoms with E-state index in [1.165, 1.54) is 15.6 Å². The third-order valence-electron chi connectivity index (χ3n) is 4.96. The number of sulfonamides is 1. The van der Waals surface area contributed by atoms with Crippen molar-refractivity contribution in [1.29, 1.82) is 0 Å². The van der Waals surface area contributed by atoms with Gasteiger partial charge in [0.05, 0.1) is 11.6 Å². The van der Waals surface area contributed by atoms with E-state index in [1.807, 2.05) is 42.5 Å². The summed E-state index contributed by atoms with van der Waals surface area (Å²) in [5.41, 5.74) is 0.560. The van der Waals surface area contributed by atoms with Crippen molar-refractivity contribution in [3.05, 3.63) is 72.1 Å². The largest absolute Gasteiger partial charge is 0.455 e. The molecule has 1 N–H and O–H groups in total. The molecule has 0 spiro atoms. The number of carbonyl (C=O) groups is 1. The van der Waals surface area contributed by atoms with Gasteiger partial charge in [0.2, 0.25) is 5.91 Å². The molecule has 1 fully saturated rings.